The van der Waals surface area contributed by atoms with Gasteiger partial charge < -0.3 is 15.4 Å². The molecule has 0 radical (unpaired) electrons. The van der Waals surface area contributed by atoms with Crippen LogP contribution in [0.5, 0.6) is 0 Å². The van der Waals surface area contributed by atoms with Crippen LogP contribution in [-0.2, 0) is 26.0 Å². The molecule has 0 aliphatic carbocycles. The Morgan fingerprint density at radius 1 is 1.00 bits per heavy atom. The van der Waals surface area contributed by atoms with Gasteiger partial charge in [-0.3, -0.25) is 14.5 Å². The van der Waals surface area contributed by atoms with Crippen molar-refractivity contribution in [3.05, 3.63) is 69.0 Å². The van der Waals surface area contributed by atoms with Gasteiger partial charge in [0.05, 0.1) is 34.7 Å². The summed E-state index contributed by atoms with van der Waals surface area (Å²) in [5.74, 6) is -0.959. The molecule has 2 aliphatic rings. The summed E-state index contributed by atoms with van der Waals surface area (Å²) in [4.78, 5) is 42.1. The number of anilines is 3. The smallest absolute Gasteiger partial charge is 0.333 e. The molecule has 2 aromatic carbocycles. The van der Waals surface area contributed by atoms with Gasteiger partial charge in [0.15, 0.2) is 0 Å². The third-order valence-electron chi connectivity index (χ3n) is 6.70. The van der Waals surface area contributed by atoms with E-state index in [0.717, 1.165) is 67.7 Å². The van der Waals surface area contributed by atoms with E-state index in [1.54, 1.807) is 6.07 Å². The van der Waals surface area contributed by atoms with E-state index in [2.05, 4.69) is 15.5 Å². The van der Waals surface area contributed by atoms with Crippen LogP contribution in [-0.4, -0.2) is 70.6 Å². The number of thiophene rings is 1. The number of halogens is 2. The fourth-order valence-electron chi connectivity index (χ4n) is 4.68. The Kier molecular flexibility index (Phi) is 9.35. The lowest BCUT2D eigenvalue weighted by Crippen LogP contribution is -2.42. The van der Waals surface area contributed by atoms with Crippen molar-refractivity contribution in [2.75, 3.05) is 54.9 Å². The highest BCUT2D eigenvalue weighted by Gasteiger charge is 2.33. The first-order valence-electron chi connectivity index (χ1n) is 13.0. The summed E-state index contributed by atoms with van der Waals surface area (Å²) < 4.78 is 32.1. The Balaban J connectivity index is 1.21. The van der Waals surface area contributed by atoms with Gasteiger partial charge in [0.25, 0.3) is 15.9 Å². The molecule has 3 N–H and O–H groups in total. The molecule has 11 nitrogen and oxygen atoms in total. The van der Waals surface area contributed by atoms with Gasteiger partial charge in [0.1, 0.15) is 4.21 Å². The number of amides is 4. The number of rotatable bonds is 9. The van der Waals surface area contributed by atoms with Gasteiger partial charge >= 0.3 is 6.03 Å². The summed E-state index contributed by atoms with van der Waals surface area (Å²) in [6.45, 7) is 5.13. The summed E-state index contributed by atoms with van der Waals surface area (Å²) in [6, 6.07) is 11.1. The van der Waals surface area contributed by atoms with E-state index in [1.165, 1.54) is 30.3 Å². The maximum absolute atomic E-state index is 13.3. The molecule has 4 amide bonds. The highest BCUT2D eigenvalue weighted by molar-refractivity contribution is 7.92. The molecule has 1 fully saturated rings. The quantitative estimate of drug-likeness (QED) is 0.228. The lowest BCUT2D eigenvalue weighted by atomic mass is 9.97. The molecule has 3 heterocycles. The summed E-state index contributed by atoms with van der Waals surface area (Å²) in [5.41, 5.74) is 2.15. The minimum atomic E-state index is -4.12. The Morgan fingerprint density at radius 2 is 1.76 bits per heavy atom. The average Bonchev–Trinajstić information content (AvgIpc) is 3.40. The summed E-state index contributed by atoms with van der Waals surface area (Å²) in [6.07, 6.45) is 0.959. The maximum Gasteiger partial charge on any atom is 0.333 e. The van der Waals surface area contributed by atoms with Gasteiger partial charge in [0.2, 0.25) is 5.91 Å². The number of imide groups is 1. The largest absolute Gasteiger partial charge is 0.385 e. The van der Waals surface area contributed by atoms with Crippen molar-refractivity contribution < 1.29 is 27.5 Å². The molecule has 0 unspecified atom stereocenters. The normalized spacial score (nSPS) is 15.8. The van der Waals surface area contributed by atoms with Crippen LogP contribution < -0.4 is 20.3 Å². The molecule has 0 bridgehead atoms. The van der Waals surface area contributed by atoms with Crippen molar-refractivity contribution in [3.63, 3.8) is 0 Å². The van der Waals surface area contributed by atoms with Crippen LogP contribution in [0.2, 0.25) is 9.36 Å². The number of ether oxygens (including phenoxy) is 1. The number of carbonyl (C=O) groups is 3. The van der Waals surface area contributed by atoms with E-state index >= 15 is 0 Å². The van der Waals surface area contributed by atoms with Crippen LogP contribution in [0.4, 0.5) is 21.9 Å². The number of urea groups is 1. The van der Waals surface area contributed by atoms with Gasteiger partial charge in [-0.1, -0.05) is 23.2 Å². The summed E-state index contributed by atoms with van der Waals surface area (Å²) >= 11 is 13.0. The summed E-state index contributed by atoms with van der Waals surface area (Å²) in [7, 11) is -4.12. The van der Waals surface area contributed by atoms with Gasteiger partial charge in [-0.2, -0.15) is 0 Å². The first-order valence-corrected chi connectivity index (χ1v) is 16.1. The zero-order valence-electron chi connectivity index (χ0n) is 22.2. The first-order chi connectivity index (χ1) is 20.1. The number of morpholine rings is 1. The minimum Gasteiger partial charge on any atom is -0.385 e. The monoisotopic (exact) mass is 651 g/mol. The zero-order chi connectivity index (χ0) is 29.9. The lowest BCUT2D eigenvalue weighted by Gasteiger charge is -2.28. The first kappa shape index (κ1) is 30.3. The van der Waals surface area contributed by atoms with Crippen molar-refractivity contribution in [1.29, 1.82) is 0 Å². The second-order valence-electron chi connectivity index (χ2n) is 9.60. The third-order valence-corrected chi connectivity index (χ3v) is 10.1. The van der Waals surface area contributed by atoms with Crippen LogP contribution in [0.15, 0.2) is 52.7 Å². The van der Waals surface area contributed by atoms with Crippen molar-refractivity contribution in [2.24, 2.45) is 0 Å². The van der Waals surface area contributed by atoms with Crippen molar-refractivity contribution in [1.82, 2.24) is 9.62 Å². The maximum atomic E-state index is 13.3. The average molecular weight is 653 g/mol. The fraction of sp³-hybridized carbons (Fsp3) is 0.296. The highest BCUT2D eigenvalue weighted by Crippen LogP contribution is 2.34. The van der Waals surface area contributed by atoms with Crippen molar-refractivity contribution in [3.8, 4) is 0 Å². The fourth-order valence-corrected chi connectivity index (χ4v) is 7.33. The highest BCUT2D eigenvalue weighted by atomic mass is 35.5. The van der Waals surface area contributed by atoms with Crippen LogP contribution in [0.1, 0.15) is 22.3 Å². The van der Waals surface area contributed by atoms with Gasteiger partial charge in [0, 0.05) is 36.6 Å². The molecule has 0 atom stereocenters. The predicted molar refractivity (Wildman–Crippen MR) is 162 cm³/mol. The molecule has 3 aromatic rings. The molecule has 5 rings (SSSR count). The molecule has 222 valence electrons. The number of fused-ring (bicyclic) bond motifs is 1. The Hall–Kier alpha value is -3.20. The van der Waals surface area contributed by atoms with Crippen LogP contribution in [0.25, 0.3) is 0 Å². The van der Waals surface area contributed by atoms with Crippen molar-refractivity contribution >= 4 is 79.5 Å². The van der Waals surface area contributed by atoms with E-state index in [-0.39, 0.29) is 31.4 Å². The SMILES string of the molecule is O=C(Nc1ccc(N2C(=O)Cc3cc(NCCCN4CCOCC4)ccc3C2=O)c(Cl)c1)NS(=O)(=O)c1ccc(Cl)s1. The van der Waals surface area contributed by atoms with Crippen LogP contribution in [0, 0.1) is 0 Å². The molecule has 1 saturated heterocycles. The lowest BCUT2D eigenvalue weighted by molar-refractivity contribution is -0.117. The number of hydrogen-bond acceptors (Lipinski definition) is 9. The molecular formula is C27H27Cl2N5O6S2. The third kappa shape index (κ3) is 7.05. The summed E-state index contributed by atoms with van der Waals surface area (Å²) in [5, 5.41) is 5.77. The number of benzene rings is 2. The Bertz CT molecular complexity index is 1620. The number of nitrogens with zero attached hydrogens (tertiary/aromatic N) is 2. The molecule has 42 heavy (non-hydrogen) atoms. The second-order valence-corrected chi connectivity index (χ2v) is 13.6. The van der Waals surface area contributed by atoms with E-state index in [9.17, 15) is 22.8 Å². The number of hydrogen-bond donors (Lipinski definition) is 3. The molecule has 1 aromatic heterocycles. The van der Waals surface area contributed by atoms with Gasteiger partial charge in [-0.05, 0) is 67.1 Å². The van der Waals surface area contributed by atoms with E-state index in [1.807, 2.05) is 16.9 Å². The minimum absolute atomic E-state index is 0.00764. The number of carbonyl (C=O) groups excluding carboxylic acids is 3. The van der Waals surface area contributed by atoms with Crippen LogP contribution in [0.3, 0.4) is 0 Å². The van der Waals surface area contributed by atoms with E-state index in [4.69, 9.17) is 27.9 Å². The van der Waals surface area contributed by atoms with E-state index in [0.29, 0.717) is 11.1 Å². The standard InChI is InChI=1S/C27H27Cl2N5O6S2/c28-21-16-19(31-27(37)32-42(38,39)25-7-6-23(29)41-25)3-5-22(21)34-24(35)15-17-14-18(2-4-20(17)26(34)36)30-8-1-9-33-10-12-40-13-11-33/h2-7,14,16,30H,1,8-13,15H2,(H2,31,32,37). The van der Waals surface area contributed by atoms with Gasteiger partial charge in [-0.15, -0.1) is 11.3 Å². The van der Waals surface area contributed by atoms with E-state index < -0.39 is 27.9 Å². The van der Waals surface area contributed by atoms with Gasteiger partial charge in [-0.25, -0.2) is 22.8 Å². The molecule has 0 spiro atoms. The molecule has 2 aliphatic heterocycles. The second kappa shape index (κ2) is 13.0. The predicted octanol–water partition coefficient (Wildman–Crippen LogP) is 4.43. The number of nitrogens with one attached hydrogen (secondary N) is 3. The number of sulfonamides is 1. The molecular weight excluding hydrogens is 625 g/mol. The molecule has 0 saturated carbocycles. The Labute approximate surface area is 256 Å². The Morgan fingerprint density at radius 3 is 2.48 bits per heavy atom. The molecule has 15 heteroatoms. The van der Waals surface area contributed by atoms with Crippen molar-refractivity contribution in [2.45, 2.75) is 17.1 Å². The van der Waals surface area contributed by atoms with Crippen LogP contribution >= 0.6 is 34.5 Å². The zero-order valence-corrected chi connectivity index (χ0v) is 25.3. The topological polar surface area (TPSA) is 137 Å².